The monoisotopic (exact) mass is 517 g/mol. The van der Waals surface area contributed by atoms with E-state index in [1.165, 1.54) is 17.7 Å². The number of rotatable bonds is 9. The number of nitrogens with one attached hydrogen (secondary N) is 1. The SMILES string of the molecule is Cc1ncsc1-c1ccc(CNC(=O)OC(C)(C)C)c(N(CCO[Si](C)(C)C(C)(C)C)C2CC2)c1. The number of hydrogen-bond donors (Lipinski definition) is 1. The normalized spacial score (nSPS) is 14.7. The standard InChI is InChI=1S/C27H43N3O3SSi/c1-19-24(34-18-29-19)20-10-11-21(17-28-25(31)33-26(2,3)4)23(16-20)30(22-12-13-22)14-15-32-35(8,9)27(5,6)7/h10-11,16,18,22H,12-15,17H2,1-9H3,(H,28,31). The Morgan fingerprint density at radius 3 is 2.43 bits per heavy atom. The molecule has 1 aromatic carbocycles. The number of ether oxygens (including phenoxy) is 1. The molecular weight excluding hydrogens is 474 g/mol. The molecule has 35 heavy (non-hydrogen) atoms. The van der Waals surface area contributed by atoms with Gasteiger partial charge in [0.2, 0.25) is 0 Å². The fourth-order valence-electron chi connectivity index (χ4n) is 3.68. The average molecular weight is 518 g/mol. The summed E-state index contributed by atoms with van der Waals surface area (Å²) < 4.78 is 12.0. The zero-order valence-electron chi connectivity index (χ0n) is 22.9. The second-order valence-electron chi connectivity index (χ2n) is 12.0. The maximum absolute atomic E-state index is 12.4. The Bertz CT molecular complexity index is 1020. The van der Waals surface area contributed by atoms with Gasteiger partial charge in [-0.05, 0) is 75.9 Å². The lowest BCUT2D eigenvalue weighted by Gasteiger charge is -2.37. The van der Waals surface area contributed by atoms with Crippen LogP contribution in [-0.2, 0) is 15.7 Å². The molecule has 0 atom stereocenters. The van der Waals surface area contributed by atoms with Crippen molar-refractivity contribution in [2.75, 3.05) is 18.1 Å². The lowest BCUT2D eigenvalue weighted by molar-refractivity contribution is 0.0523. The number of aromatic nitrogens is 1. The van der Waals surface area contributed by atoms with E-state index >= 15 is 0 Å². The van der Waals surface area contributed by atoms with Crippen molar-refractivity contribution in [2.45, 2.75) is 97.6 Å². The van der Waals surface area contributed by atoms with E-state index in [9.17, 15) is 4.79 Å². The third kappa shape index (κ3) is 7.54. The van der Waals surface area contributed by atoms with Gasteiger partial charge in [0, 0.05) is 24.8 Å². The van der Waals surface area contributed by atoms with Crippen LogP contribution < -0.4 is 10.2 Å². The molecule has 1 heterocycles. The molecule has 2 aromatic rings. The summed E-state index contributed by atoms with van der Waals surface area (Å²) in [7, 11) is -1.82. The minimum absolute atomic E-state index is 0.184. The van der Waals surface area contributed by atoms with Gasteiger partial charge in [-0.25, -0.2) is 9.78 Å². The summed E-state index contributed by atoms with van der Waals surface area (Å²) >= 11 is 1.66. The first-order valence-corrected chi connectivity index (χ1v) is 16.4. The third-order valence-corrected chi connectivity index (χ3v) is 12.3. The molecule has 0 saturated heterocycles. The minimum Gasteiger partial charge on any atom is -0.444 e. The fourth-order valence-corrected chi connectivity index (χ4v) is 5.52. The van der Waals surface area contributed by atoms with Crippen LogP contribution in [0.1, 0.15) is 65.6 Å². The molecule has 0 radical (unpaired) electrons. The first-order valence-electron chi connectivity index (χ1n) is 12.6. The van der Waals surface area contributed by atoms with Crippen LogP contribution in [0, 0.1) is 6.92 Å². The lowest BCUT2D eigenvalue weighted by Crippen LogP contribution is -2.43. The zero-order chi connectivity index (χ0) is 26.0. The number of amides is 1. The predicted octanol–water partition coefficient (Wildman–Crippen LogP) is 7.13. The van der Waals surface area contributed by atoms with Crippen LogP contribution in [-0.4, -0.2) is 44.2 Å². The molecule has 1 amide bonds. The summed E-state index contributed by atoms with van der Waals surface area (Å²) in [5.74, 6) is 0. The Kier molecular flexibility index (Phi) is 8.39. The minimum atomic E-state index is -1.82. The number of thiazole rings is 1. The Balaban J connectivity index is 1.86. The quantitative estimate of drug-likeness (QED) is 0.358. The number of nitrogens with zero attached hydrogens (tertiary/aromatic N) is 2. The van der Waals surface area contributed by atoms with Crippen molar-refractivity contribution in [1.29, 1.82) is 0 Å². The van der Waals surface area contributed by atoms with E-state index in [1.807, 2.05) is 26.3 Å². The first kappa shape index (κ1) is 27.7. The molecule has 194 valence electrons. The van der Waals surface area contributed by atoms with E-state index in [0.717, 1.165) is 29.1 Å². The lowest BCUT2D eigenvalue weighted by atomic mass is 10.1. The molecule has 3 rings (SSSR count). The number of benzene rings is 1. The smallest absolute Gasteiger partial charge is 0.407 e. The van der Waals surface area contributed by atoms with Crippen LogP contribution in [0.4, 0.5) is 10.5 Å². The predicted molar refractivity (Wildman–Crippen MR) is 149 cm³/mol. The van der Waals surface area contributed by atoms with E-state index in [4.69, 9.17) is 9.16 Å². The van der Waals surface area contributed by atoms with Crippen molar-refractivity contribution in [3.05, 3.63) is 35.0 Å². The molecule has 1 aliphatic rings. The highest BCUT2D eigenvalue weighted by Crippen LogP contribution is 2.39. The number of alkyl carbamates (subject to hydrolysis) is 1. The molecule has 8 heteroatoms. The van der Waals surface area contributed by atoms with Gasteiger partial charge < -0.3 is 19.4 Å². The van der Waals surface area contributed by atoms with E-state index in [1.54, 1.807) is 11.3 Å². The largest absolute Gasteiger partial charge is 0.444 e. The summed E-state index contributed by atoms with van der Waals surface area (Å²) in [6.45, 7) is 21.1. The molecular formula is C27H43N3O3SSi. The van der Waals surface area contributed by atoms with Gasteiger partial charge in [0.15, 0.2) is 8.32 Å². The van der Waals surface area contributed by atoms with Crippen molar-refractivity contribution < 1.29 is 14.0 Å². The number of aryl methyl sites for hydroxylation is 1. The average Bonchev–Trinajstić information content (AvgIpc) is 3.47. The van der Waals surface area contributed by atoms with Gasteiger partial charge >= 0.3 is 6.09 Å². The van der Waals surface area contributed by atoms with Crippen LogP contribution in [0.2, 0.25) is 18.1 Å². The fraction of sp³-hybridized carbons (Fsp3) is 0.630. The summed E-state index contributed by atoms with van der Waals surface area (Å²) in [4.78, 5) is 20.5. The van der Waals surface area contributed by atoms with E-state index < -0.39 is 20.0 Å². The summed E-state index contributed by atoms with van der Waals surface area (Å²) in [6, 6.07) is 7.03. The number of carbonyl (C=O) groups is 1. The molecule has 1 N–H and O–H groups in total. The summed E-state index contributed by atoms with van der Waals surface area (Å²) in [5.41, 5.74) is 5.82. The maximum atomic E-state index is 12.4. The molecule has 1 aliphatic carbocycles. The molecule has 1 aromatic heterocycles. The van der Waals surface area contributed by atoms with Gasteiger partial charge in [-0.1, -0.05) is 32.9 Å². The molecule has 0 bridgehead atoms. The third-order valence-electron chi connectivity index (χ3n) is 6.81. The molecule has 0 unspecified atom stereocenters. The molecule has 1 saturated carbocycles. The molecule has 0 spiro atoms. The summed E-state index contributed by atoms with van der Waals surface area (Å²) in [5, 5.41) is 3.14. The Morgan fingerprint density at radius 2 is 1.89 bits per heavy atom. The molecule has 0 aliphatic heterocycles. The number of hydrogen-bond acceptors (Lipinski definition) is 6. The maximum Gasteiger partial charge on any atom is 0.407 e. The molecule has 6 nitrogen and oxygen atoms in total. The van der Waals surface area contributed by atoms with Crippen molar-refractivity contribution >= 4 is 31.4 Å². The van der Waals surface area contributed by atoms with Crippen molar-refractivity contribution in [2.24, 2.45) is 0 Å². The van der Waals surface area contributed by atoms with Crippen LogP contribution in [0.25, 0.3) is 10.4 Å². The van der Waals surface area contributed by atoms with Gasteiger partial charge in [-0.15, -0.1) is 11.3 Å². The van der Waals surface area contributed by atoms with Crippen molar-refractivity contribution in [3.8, 4) is 10.4 Å². The van der Waals surface area contributed by atoms with Gasteiger partial charge in [0.25, 0.3) is 0 Å². The topological polar surface area (TPSA) is 63.7 Å². The Hall–Kier alpha value is -1.90. The van der Waals surface area contributed by atoms with Crippen molar-refractivity contribution in [1.82, 2.24) is 10.3 Å². The van der Waals surface area contributed by atoms with Gasteiger partial charge in [-0.2, -0.15) is 0 Å². The number of anilines is 1. The second kappa shape index (κ2) is 10.6. The Morgan fingerprint density at radius 1 is 1.20 bits per heavy atom. The summed E-state index contributed by atoms with van der Waals surface area (Å²) in [6.07, 6.45) is 1.97. The highest BCUT2D eigenvalue weighted by Gasteiger charge is 2.38. The van der Waals surface area contributed by atoms with Crippen molar-refractivity contribution in [3.63, 3.8) is 0 Å². The Labute approximate surface area is 216 Å². The van der Waals surface area contributed by atoms with Gasteiger partial charge in [0.05, 0.1) is 22.7 Å². The van der Waals surface area contributed by atoms with Crippen LogP contribution >= 0.6 is 11.3 Å². The zero-order valence-corrected chi connectivity index (χ0v) is 24.8. The highest BCUT2D eigenvalue weighted by atomic mass is 32.1. The van der Waals surface area contributed by atoms with Crippen LogP contribution in [0.5, 0.6) is 0 Å². The molecule has 1 fully saturated rings. The van der Waals surface area contributed by atoms with E-state index in [-0.39, 0.29) is 5.04 Å². The van der Waals surface area contributed by atoms with Crippen LogP contribution in [0.3, 0.4) is 0 Å². The second-order valence-corrected chi connectivity index (χ2v) is 17.7. The van der Waals surface area contributed by atoms with E-state index in [2.05, 4.69) is 74.2 Å². The van der Waals surface area contributed by atoms with Crippen LogP contribution in [0.15, 0.2) is 23.7 Å². The number of carbonyl (C=O) groups excluding carboxylic acids is 1. The first-order chi connectivity index (χ1) is 16.2. The highest BCUT2D eigenvalue weighted by molar-refractivity contribution is 7.13. The van der Waals surface area contributed by atoms with Gasteiger partial charge in [-0.3, -0.25) is 0 Å². The van der Waals surface area contributed by atoms with Gasteiger partial charge in [0.1, 0.15) is 5.60 Å². The van der Waals surface area contributed by atoms with E-state index in [0.29, 0.717) is 19.2 Å².